The third-order valence-electron chi connectivity index (χ3n) is 3.61. The Balaban J connectivity index is 0.00000200. The number of benzene rings is 1. The Labute approximate surface area is 139 Å². The first-order valence-electron chi connectivity index (χ1n) is 6.99. The minimum Gasteiger partial charge on any atom is -0.371 e. The number of carbonyl (C=O) groups excluding carboxylic acids is 1. The van der Waals surface area contributed by atoms with Gasteiger partial charge in [-0.05, 0) is 37.0 Å². The lowest BCUT2D eigenvalue weighted by molar-refractivity contribution is -0.118. The first-order chi connectivity index (χ1) is 9.08. The molecular weight excluding hydrogens is 309 g/mol. The van der Waals surface area contributed by atoms with Crippen LogP contribution in [0.15, 0.2) is 24.3 Å². The van der Waals surface area contributed by atoms with Gasteiger partial charge in [0.15, 0.2) is 0 Å². The van der Waals surface area contributed by atoms with Crippen molar-refractivity contribution < 1.29 is 4.79 Å². The SMILES string of the molecule is CC(C)[C@@H](N)C(=O)Nc1cccc(N2CCCC2)c1.Cl.Cl. The van der Waals surface area contributed by atoms with Crippen molar-refractivity contribution >= 4 is 42.1 Å². The largest absolute Gasteiger partial charge is 0.371 e. The van der Waals surface area contributed by atoms with E-state index in [1.165, 1.54) is 18.5 Å². The molecule has 1 atom stereocenters. The number of nitrogens with one attached hydrogen (secondary N) is 1. The van der Waals surface area contributed by atoms with Gasteiger partial charge in [0.1, 0.15) is 0 Å². The van der Waals surface area contributed by atoms with E-state index >= 15 is 0 Å². The van der Waals surface area contributed by atoms with Gasteiger partial charge in [0, 0.05) is 24.5 Å². The average molecular weight is 334 g/mol. The van der Waals surface area contributed by atoms with E-state index < -0.39 is 6.04 Å². The fourth-order valence-electron chi connectivity index (χ4n) is 2.28. The predicted octanol–water partition coefficient (Wildman–Crippen LogP) is 3.05. The van der Waals surface area contributed by atoms with Crippen LogP contribution in [0.5, 0.6) is 0 Å². The molecule has 1 saturated heterocycles. The summed E-state index contributed by atoms with van der Waals surface area (Å²) >= 11 is 0. The molecule has 2 rings (SSSR count). The van der Waals surface area contributed by atoms with Gasteiger partial charge in [-0.2, -0.15) is 0 Å². The van der Waals surface area contributed by atoms with Gasteiger partial charge in [0.2, 0.25) is 5.91 Å². The van der Waals surface area contributed by atoms with Gasteiger partial charge >= 0.3 is 0 Å². The van der Waals surface area contributed by atoms with Crippen molar-refractivity contribution in [2.45, 2.75) is 32.7 Å². The minimum atomic E-state index is -0.463. The summed E-state index contributed by atoms with van der Waals surface area (Å²) in [5, 5.41) is 2.90. The third-order valence-corrected chi connectivity index (χ3v) is 3.61. The maximum atomic E-state index is 11.9. The molecular formula is C15H25Cl2N3O. The van der Waals surface area contributed by atoms with E-state index in [1.807, 2.05) is 32.0 Å². The van der Waals surface area contributed by atoms with Crippen LogP contribution in [-0.4, -0.2) is 25.0 Å². The zero-order chi connectivity index (χ0) is 13.8. The maximum Gasteiger partial charge on any atom is 0.241 e. The molecule has 0 spiro atoms. The standard InChI is InChI=1S/C15H23N3O.2ClH/c1-11(2)14(16)15(19)17-12-6-5-7-13(10-12)18-8-3-4-9-18;;/h5-7,10-11,14H,3-4,8-9,16H2,1-2H3,(H,17,19);2*1H/t14-;;/m1../s1. The molecule has 1 aromatic carbocycles. The van der Waals surface area contributed by atoms with Gasteiger partial charge in [0.25, 0.3) is 0 Å². The van der Waals surface area contributed by atoms with Crippen LogP contribution in [0.25, 0.3) is 0 Å². The Morgan fingerprint density at radius 3 is 2.43 bits per heavy atom. The third kappa shape index (κ3) is 5.38. The molecule has 0 radical (unpaired) electrons. The van der Waals surface area contributed by atoms with E-state index in [4.69, 9.17) is 5.73 Å². The van der Waals surface area contributed by atoms with Crippen molar-refractivity contribution in [2.75, 3.05) is 23.3 Å². The van der Waals surface area contributed by atoms with E-state index in [9.17, 15) is 4.79 Å². The Morgan fingerprint density at radius 2 is 1.86 bits per heavy atom. The van der Waals surface area contributed by atoms with Gasteiger partial charge in [0.05, 0.1) is 6.04 Å². The number of nitrogens with two attached hydrogens (primary N) is 1. The fourth-order valence-corrected chi connectivity index (χ4v) is 2.28. The first-order valence-corrected chi connectivity index (χ1v) is 6.99. The smallest absolute Gasteiger partial charge is 0.241 e. The van der Waals surface area contributed by atoms with Gasteiger partial charge in [-0.3, -0.25) is 4.79 Å². The molecule has 0 unspecified atom stereocenters. The summed E-state index contributed by atoms with van der Waals surface area (Å²) in [6, 6.07) is 7.53. The molecule has 0 saturated carbocycles. The first kappa shape index (κ1) is 20.0. The van der Waals surface area contributed by atoms with E-state index in [0.717, 1.165) is 18.8 Å². The maximum absolute atomic E-state index is 11.9. The molecule has 21 heavy (non-hydrogen) atoms. The van der Waals surface area contributed by atoms with Crippen LogP contribution in [0.1, 0.15) is 26.7 Å². The molecule has 1 aliphatic heterocycles. The monoisotopic (exact) mass is 333 g/mol. The van der Waals surface area contributed by atoms with E-state index in [1.54, 1.807) is 0 Å². The predicted molar refractivity (Wildman–Crippen MR) is 93.8 cm³/mol. The molecule has 3 N–H and O–H groups in total. The van der Waals surface area contributed by atoms with Crippen molar-refractivity contribution in [3.8, 4) is 0 Å². The van der Waals surface area contributed by atoms with Gasteiger partial charge in [-0.15, -0.1) is 24.8 Å². The second-order valence-electron chi connectivity index (χ2n) is 5.50. The average Bonchev–Trinajstić information content (AvgIpc) is 2.91. The zero-order valence-electron chi connectivity index (χ0n) is 12.5. The number of carbonyl (C=O) groups is 1. The summed E-state index contributed by atoms with van der Waals surface area (Å²) in [7, 11) is 0. The molecule has 0 aliphatic carbocycles. The van der Waals surface area contributed by atoms with Crippen molar-refractivity contribution in [1.82, 2.24) is 0 Å². The van der Waals surface area contributed by atoms with Crippen LogP contribution in [0.4, 0.5) is 11.4 Å². The lowest BCUT2D eigenvalue weighted by Crippen LogP contribution is -2.39. The number of hydrogen-bond donors (Lipinski definition) is 2. The van der Waals surface area contributed by atoms with Crippen molar-refractivity contribution in [3.63, 3.8) is 0 Å². The second kappa shape index (κ2) is 9.13. The number of anilines is 2. The molecule has 1 heterocycles. The van der Waals surface area contributed by atoms with E-state index in [-0.39, 0.29) is 36.6 Å². The minimum absolute atomic E-state index is 0. The van der Waals surface area contributed by atoms with Crippen LogP contribution >= 0.6 is 24.8 Å². The molecule has 0 bridgehead atoms. The number of halogens is 2. The van der Waals surface area contributed by atoms with Crippen LogP contribution in [-0.2, 0) is 4.79 Å². The van der Waals surface area contributed by atoms with Crippen LogP contribution in [0, 0.1) is 5.92 Å². The molecule has 120 valence electrons. The number of amides is 1. The summed E-state index contributed by atoms with van der Waals surface area (Å²) in [6.45, 7) is 6.10. The molecule has 1 fully saturated rings. The van der Waals surface area contributed by atoms with Gasteiger partial charge in [-0.25, -0.2) is 0 Å². The topological polar surface area (TPSA) is 58.4 Å². The van der Waals surface area contributed by atoms with Crippen molar-refractivity contribution in [1.29, 1.82) is 0 Å². The van der Waals surface area contributed by atoms with Crippen molar-refractivity contribution in [3.05, 3.63) is 24.3 Å². The summed E-state index contributed by atoms with van der Waals surface area (Å²) < 4.78 is 0. The lowest BCUT2D eigenvalue weighted by atomic mass is 10.0. The quantitative estimate of drug-likeness (QED) is 0.890. The molecule has 1 amide bonds. The van der Waals surface area contributed by atoms with Crippen molar-refractivity contribution in [2.24, 2.45) is 11.7 Å². The van der Waals surface area contributed by atoms with Crippen LogP contribution in [0.3, 0.4) is 0 Å². The van der Waals surface area contributed by atoms with E-state index in [2.05, 4.69) is 16.3 Å². The van der Waals surface area contributed by atoms with Crippen LogP contribution in [0.2, 0.25) is 0 Å². The van der Waals surface area contributed by atoms with Gasteiger partial charge < -0.3 is 16.0 Å². The van der Waals surface area contributed by atoms with Crippen LogP contribution < -0.4 is 16.0 Å². The number of nitrogens with zero attached hydrogens (tertiary/aromatic N) is 1. The highest BCUT2D eigenvalue weighted by Gasteiger charge is 2.18. The second-order valence-corrected chi connectivity index (χ2v) is 5.50. The Hall–Kier alpha value is -0.970. The Bertz CT molecular complexity index is 448. The normalized spacial score (nSPS) is 15.1. The molecule has 6 heteroatoms. The summed E-state index contributed by atoms with van der Waals surface area (Å²) in [5.74, 6) is 0.0235. The fraction of sp³-hybridized carbons (Fsp3) is 0.533. The highest BCUT2D eigenvalue weighted by atomic mass is 35.5. The summed E-state index contributed by atoms with van der Waals surface area (Å²) in [4.78, 5) is 14.3. The molecule has 1 aromatic rings. The lowest BCUT2D eigenvalue weighted by Gasteiger charge is -2.19. The highest BCUT2D eigenvalue weighted by Crippen LogP contribution is 2.23. The molecule has 4 nitrogen and oxygen atoms in total. The zero-order valence-corrected chi connectivity index (χ0v) is 14.2. The number of rotatable bonds is 4. The Morgan fingerprint density at radius 1 is 1.24 bits per heavy atom. The molecule has 0 aromatic heterocycles. The Kier molecular flexibility index (Phi) is 8.71. The number of hydrogen-bond acceptors (Lipinski definition) is 3. The van der Waals surface area contributed by atoms with E-state index in [0.29, 0.717) is 0 Å². The summed E-state index contributed by atoms with van der Waals surface area (Å²) in [5.41, 5.74) is 7.84. The highest BCUT2D eigenvalue weighted by molar-refractivity contribution is 5.95. The van der Waals surface area contributed by atoms with Gasteiger partial charge in [-0.1, -0.05) is 19.9 Å². The molecule has 1 aliphatic rings. The summed E-state index contributed by atoms with van der Waals surface area (Å²) in [6.07, 6.45) is 2.49.